The lowest BCUT2D eigenvalue weighted by Crippen LogP contribution is -2.27. The lowest BCUT2D eigenvalue weighted by atomic mass is 10.1. The molecule has 19 heavy (non-hydrogen) atoms. The Labute approximate surface area is 114 Å². The largest absolute Gasteiger partial charge is 0.478 e. The van der Waals surface area contributed by atoms with Crippen LogP contribution in [0.4, 0.5) is 11.4 Å². The molecule has 1 aliphatic carbocycles. The first-order chi connectivity index (χ1) is 8.99. The van der Waals surface area contributed by atoms with Gasteiger partial charge < -0.3 is 15.7 Å². The molecular formula is C15H22N2O2. The van der Waals surface area contributed by atoms with Gasteiger partial charge in [0.2, 0.25) is 0 Å². The fourth-order valence-electron chi connectivity index (χ4n) is 2.23. The highest BCUT2D eigenvalue weighted by molar-refractivity contribution is 5.94. The average Bonchev–Trinajstić information content (AvgIpc) is 3.13. The summed E-state index contributed by atoms with van der Waals surface area (Å²) in [5.41, 5.74) is 7.41. The smallest absolute Gasteiger partial charge is 0.337 e. The lowest BCUT2D eigenvalue weighted by Gasteiger charge is -2.26. The third-order valence-electron chi connectivity index (χ3n) is 3.53. The fraction of sp³-hybridized carbons (Fsp3) is 0.533. The molecule has 0 radical (unpaired) electrons. The average molecular weight is 262 g/mol. The summed E-state index contributed by atoms with van der Waals surface area (Å²) in [6.07, 6.45) is 3.58. The molecular weight excluding hydrogens is 240 g/mol. The van der Waals surface area contributed by atoms with Crippen molar-refractivity contribution >= 4 is 17.3 Å². The van der Waals surface area contributed by atoms with Crippen molar-refractivity contribution in [2.24, 2.45) is 5.92 Å². The fourth-order valence-corrected chi connectivity index (χ4v) is 2.23. The molecule has 1 fully saturated rings. The first kappa shape index (κ1) is 13.7. The van der Waals surface area contributed by atoms with E-state index in [2.05, 4.69) is 18.7 Å². The van der Waals surface area contributed by atoms with Crippen molar-refractivity contribution in [3.05, 3.63) is 23.8 Å². The number of nitrogen functional groups attached to an aromatic ring is 1. The highest BCUT2D eigenvalue weighted by Gasteiger charge is 2.29. The summed E-state index contributed by atoms with van der Waals surface area (Å²) in [7, 11) is 0. The topological polar surface area (TPSA) is 66.6 Å². The number of aromatic carboxylic acids is 1. The van der Waals surface area contributed by atoms with E-state index >= 15 is 0 Å². The molecule has 1 aromatic carbocycles. The Morgan fingerprint density at radius 1 is 1.47 bits per heavy atom. The molecule has 2 rings (SSSR count). The Kier molecular flexibility index (Phi) is 3.98. The van der Waals surface area contributed by atoms with Crippen LogP contribution in [0.15, 0.2) is 18.2 Å². The van der Waals surface area contributed by atoms with Gasteiger partial charge in [0.05, 0.1) is 5.56 Å². The first-order valence-corrected chi connectivity index (χ1v) is 6.88. The summed E-state index contributed by atoms with van der Waals surface area (Å²) in [6.45, 7) is 5.44. The minimum absolute atomic E-state index is 0.184. The van der Waals surface area contributed by atoms with Crippen LogP contribution in [0.25, 0.3) is 0 Å². The second kappa shape index (κ2) is 5.51. The van der Waals surface area contributed by atoms with Gasteiger partial charge >= 0.3 is 5.97 Å². The van der Waals surface area contributed by atoms with Gasteiger partial charge in [-0.2, -0.15) is 0 Å². The van der Waals surface area contributed by atoms with Crippen LogP contribution in [0.2, 0.25) is 0 Å². The van der Waals surface area contributed by atoms with Crippen LogP contribution < -0.4 is 10.6 Å². The second-order valence-corrected chi connectivity index (χ2v) is 5.68. The van der Waals surface area contributed by atoms with E-state index in [0.717, 1.165) is 18.7 Å². The quantitative estimate of drug-likeness (QED) is 0.773. The van der Waals surface area contributed by atoms with Crippen LogP contribution >= 0.6 is 0 Å². The Bertz CT molecular complexity index is 467. The number of nitrogens with two attached hydrogens (primary N) is 1. The molecule has 0 unspecified atom stereocenters. The number of rotatable bonds is 6. The zero-order valence-electron chi connectivity index (χ0n) is 11.6. The summed E-state index contributed by atoms with van der Waals surface area (Å²) < 4.78 is 0. The molecule has 0 aromatic heterocycles. The van der Waals surface area contributed by atoms with Crippen molar-refractivity contribution in [3.8, 4) is 0 Å². The second-order valence-electron chi connectivity index (χ2n) is 5.68. The Morgan fingerprint density at radius 2 is 2.16 bits per heavy atom. The Morgan fingerprint density at radius 3 is 2.63 bits per heavy atom. The molecule has 104 valence electrons. The maximum atomic E-state index is 11.0. The number of nitrogens with zero attached hydrogens (tertiary/aromatic N) is 1. The van der Waals surface area contributed by atoms with Crippen molar-refractivity contribution in [2.45, 2.75) is 39.2 Å². The Hall–Kier alpha value is -1.71. The van der Waals surface area contributed by atoms with Crippen molar-refractivity contribution in [2.75, 3.05) is 17.2 Å². The van der Waals surface area contributed by atoms with Crippen LogP contribution in [0, 0.1) is 5.92 Å². The molecule has 0 spiro atoms. The van der Waals surface area contributed by atoms with E-state index in [-0.39, 0.29) is 5.56 Å². The third kappa shape index (κ3) is 3.40. The monoisotopic (exact) mass is 262 g/mol. The summed E-state index contributed by atoms with van der Waals surface area (Å²) in [5.74, 6) is -0.305. The van der Waals surface area contributed by atoms with Crippen molar-refractivity contribution in [3.63, 3.8) is 0 Å². The highest BCUT2D eigenvalue weighted by atomic mass is 16.4. The van der Waals surface area contributed by atoms with Gasteiger partial charge in [0.15, 0.2) is 0 Å². The number of carboxylic acid groups (broad SMARTS) is 1. The molecule has 0 aliphatic heterocycles. The zero-order chi connectivity index (χ0) is 14.0. The van der Waals surface area contributed by atoms with Gasteiger partial charge in [0.1, 0.15) is 0 Å². The van der Waals surface area contributed by atoms with Crippen molar-refractivity contribution in [1.29, 1.82) is 0 Å². The van der Waals surface area contributed by atoms with E-state index in [4.69, 9.17) is 10.8 Å². The SMILES string of the molecule is CC(C)CCN(c1ccc(C(=O)O)c(N)c1)C1CC1. The molecule has 0 amide bonds. The maximum absolute atomic E-state index is 11.0. The van der Waals surface area contributed by atoms with Gasteiger partial charge in [0.25, 0.3) is 0 Å². The minimum atomic E-state index is -0.968. The molecule has 3 N–H and O–H groups in total. The summed E-state index contributed by atoms with van der Waals surface area (Å²) in [4.78, 5) is 13.3. The van der Waals surface area contributed by atoms with Crippen LogP contribution in [0.3, 0.4) is 0 Å². The van der Waals surface area contributed by atoms with Gasteiger partial charge in [-0.1, -0.05) is 13.8 Å². The van der Waals surface area contributed by atoms with E-state index in [9.17, 15) is 4.79 Å². The lowest BCUT2D eigenvalue weighted by molar-refractivity contribution is 0.0698. The summed E-state index contributed by atoms with van der Waals surface area (Å²) in [5, 5.41) is 9.00. The number of anilines is 2. The molecule has 1 saturated carbocycles. The summed E-state index contributed by atoms with van der Waals surface area (Å²) in [6, 6.07) is 5.88. The van der Waals surface area contributed by atoms with E-state index in [1.807, 2.05) is 6.07 Å². The minimum Gasteiger partial charge on any atom is -0.478 e. The maximum Gasteiger partial charge on any atom is 0.337 e. The molecule has 4 nitrogen and oxygen atoms in total. The van der Waals surface area contributed by atoms with E-state index in [0.29, 0.717) is 17.6 Å². The number of carbonyl (C=O) groups is 1. The van der Waals surface area contributed by atoms with Crippen LogP contribution in [0.5, 0.6) is 0 Å². The van der Waals surface area contributed by atoms with Gasteiger partial charge in [0, 0.05) is 24.0 Å². The Balaban J connectivity index is 2.17. The number of hydrogen-bond acceptors (Lipinski definition) is 3. The molecule has 0 heterocycles. The number of carboxylic acids is 1. The highest BCUT2D eigenvalue weighted by Crippen LogP contribution is 2.33. The predicted molar refractivity (Wildman–Crippen MR) is 77.6 cm³/mol. The van der Waals surface area contributed by atoms with E-state index in [1.165, 1.54) is 12.8 Å². The predicted octanol–water partition coefficient (Wildman–Crippen LogP) is 2.98. The van der Waals surface area contributed by atoms with Gasteiger partial charge in [-0.15, -0.1) is 0 Å². The van der Waals surface area contributed by atoms with Gasteiger partial charge in [-0.25, -0.2) is 4.79 Å². The van der Waals surface area contributed by atoms with E-state index < -0.39 is 5.97 Å². The molecule has 1 aliphatic rings. The van der Waals surface area contributed by atoms with Gasteiger partial charge in [-0.05, 0) is 43.4 Å². The normalized spacial score (nSPS) is 14.7. The van der Waals surface area contributed by atoms with Crippen LogP contribution in [-0.4, -0.2) is 23.7 Å². The third-order valence-corrected chi connectivity index (χ3v) is 3.53. The van der Waals surface area contributed by atoms with E-state index in [1.54, 1.807) is 12.1 Å². The molecule has 0 bridgehead atoms. The summed E-state index contributed by atoms with van der Waals surface area (Å²) >= 11 is 0. The molecule has 4 heteroatoms. The standard InChI is InChI=1S/C15H22N2O2/c1-10(2)7-8-17(11-3-4-11)12-5-6-13(15(18)19)14(16)9-12/h5-6,9-11H,3-4,7-8,16H2,1-2H3,(H,18,19). The first-order valence-electron chi connectivity index (χ1n) is 6.88. The molecule has 0 atom stereocenters. The van der Waals surface area contributed by atoms with Crippen molar-refractivity contribution in [1.82, 2.24) is 0 Å². The van der Waals surface area contributed by atoms with Crippen LogP contribution in [-0.2, 0) is 0 Å². The molecule has 1 aromatic rings. The van der Waals surface area contributed by atoms with Crippen molar-refractivity contribution < 1.29 is 9.90 Å². The molecule has 0 saturated heterocycles. The number of benzene rings is 1. The van der Waals surface area contributed by atoms with Gasteiger partial charge in [-0.3, -0.25) is 0 Å². The zero-order valence-corrected chi connectivity index (χ0v) is 11.6. The number of hydrogen-bond donors (Lipinski definition) is 2. The van der Waals surface area contributed by atoms with Crippen LogP contribution in [0.1, 0.15) is 43.5 Å².